The molecule has 5 heteroatoms. The van der Waals surface area contributed by atoms with E-state index in [1.54, 1.807) is 18.4 Å². The number of rotatable bonds is 3. The molecule has 0 saturated carbocycles. The first-order valence-electron chi connectivity index (χ1n) is 4.00. The van der Waals surface area contributed by atoms with Crippen LogP contribution in [0.2, 0.25) is 0 Å². The Morgan fingerprint density at radius 3 is 3.31 bits per heavy atom. The first-order chi connectivity index (χ1) is 6.33. The number of aryl methyl sites for hydroxylation is 1. The predicted octanol–water partition coefficient (Wildman–Crippen LogP) is 1.36. The van der Waals surface area contributed by atoms with Gasteiger partial charge in [0, 0.05) is 11.6 Å². The van der Waals surface area contributed by atoms with E-state index in [0.29, 0.717) is 6.54 Å². The van der Waals surface area contributed by atoms with Crippen molar-refractivity contribution in [3.63, 3.8) is 0 Å². The van der Waals surface area contributed by atoms with Crippen molar-refractivity contribution in [3.8, 4) is 0 Å². The second-order valence-corrected chi connectivity index (χ2v) is 3.60. The summed E-state index contributed by atoms with van der Waals surface area (Å²) in [4.78, 5) is 10.3. The number of hydrogen-bond donors (Lipinski definition) is 1. The zero-order valence-electron chi connectivity index (χ0n) is 7.57. The lowest BCUT2D eigenvalue weighted by Gasteiger charge is -2.00. The topological polar surface area (TPSA) is 38.6 Å². The largest absolute Gasteiger partial charge is 0.305 e. The molecular weight excluding hydrogens is 186 g/mol. The molecule has 0 fully saturated rings. The third-order valence-corrected chi connectivity index (χ3v) is 2.70. The van der Waals surface area contributed by atoms with Gasteiger partial charge in [-0.25, -0.2) is 4.98 Å². The van der Waals surface area contributed by atoms with Crippen molar-refractivity contribution in [1.82, 2.24) is 14.9 Å². The summed E-state index contributed by atoms with van der Waals surface area (Å²) in [6, 6.07) is 0. The van der Waals surface area contributed by atoms with Gasteiger partial charge in [0.05, 0.1) is 25.0 Å². The molecule has 0 aliphatic heterocycles. The van der Waals surface area contributed by atoms with Gasteiger partial charge in [-0.05, 0) is 6.92 Å². The van der Waals surface area contributed by atoms with Gasteiger partial charge in [0.25, 0.3) is 0 Å². The van der Waals surface area contributed by atoms with Gasteiger partial charge < -0.3 is 4.84 Å². The quantitative estimate of drug-likeness (QED) is 0.755. The fourth-order valence-corrected chi connectivity index (χ4v) is 2.07. The number of nitrogens with one attached hydrogen (secondary N) is 1. The highest BCUT2D eigenvalue weighted by Gasteiger charge is 2.08. The summed E-state index contributed by atoms with van der Waals surface area (Å²) in [5.41, 5.74) is 5.02. The first-order valence-corrected chi connectivity index (χ1v) is 4.87. The van der Waals surface area contributed by atoms with E-state index < -0.39 is 0 Å². The Morgan fingerprint density at radius 2 is 2.54 bits per heavy atom. The number of imidazole rings is 1. The van der Waals surface area contributed by atoms with E-state index in [0.717, 1.165) is 16.3 Å². The third-order valence-electron chi connectivity index (χ3n) is 1.95. The number of thiazole rings is 1. The standard InChI is InChI=1S/C8H11N3OS/c1-6-7(5-9-12-2)11-3-4-13-8(11)10-6/h3-4,9H,5H2,1-2H3. The maximum atomic E-state index is 4.81. The van der Waals surface area contributed by atoms with Gasteiger partial charge in [-0.1, -0.05) is 0 Å². The van der Waals surface area contributed by atoms with E-state index >= 15 is 0 Å². The van der Waals surface area contributed by atoms with Crippen LogP contribution in [0.25, 0.3) is 4.96 Å². The highest BCUT2D eigenvalue weighted by atomic mass is 32.1. The lowest BCUT2D eigenvalue weighted by Crippen LogP contribution is -2.12. The molecule has 0 aliphatic rings. The van der Waals surface area contributed by atoms with E-state index in [2.05, 4.69) is 14.9 Å². The van der Waals surface area contributed by atoms with E-state index in [-0.39, 0.29) is 0 Å². The Morgan fingerprint density at radius 1 is 1.69 bits per heavy atom. The second kappa shape index (κ2) is 3.45. The first kappa shape index (κ1) is 8.68. The van der Waals surface area contributed by atoms with Gasteiger partial charge >= 0.3 is 0 Å². The van der Waals surface area contributed by atoms with Crippen molar-refractivity contribution in [2.24, 2.45) is 0 Å². The molecule has 2 rings (SSSR count). The molecule has 0 saturated heterocycles. The van der Waals surface area contributed by atoms with Crippen molar-refractivity contribution < 1.29 is 4.84 Å². The lowest BCUT2D eigenvalue weighted by molar-refractivity contribution is 0.0855. The van der Waals surface area contributed by atoms with Crippen LogP contribution in [0.4, 0.5) is 0 Å². The fraction of sp³-hybridized carbons (Fsp3) is 0.375. The van der Waals surface area contributed by atoms with Crippen molar-refractivity contribution >= 4 is 16.3 Å². The van der Waals surface area contributed by atoms with E-state index in [1.165, 1.54) is 0 Å². The maximum absolute atomic E-state index is 4.81. The predicted molar refractivity (Wildman–Crippen MR) is 51.7 cm³/mol. The minimum atomic E-state index is 0.681. The van der Waals surface area contributed by atoms with Crippen LogP contribution >= 0.6 is 11.3 Å². The Kier molecular flexibility index (Phi) is 2.30. The molecule has 0 bridgehead atoms. The minimum Gasteiger partial charge on any atom is -0.305 e. The molecule has 0 atom stereocenters. The van der Waals surface area contributed by atoms with E-state index in [9.17, 15) is 0 Å². The molecule has 4 nitrogen and oxygen atoms in total. The van der Waals surface area contributed by atoms with Gasteiger partial charge in [0.1, 0.15) is 0 Å². The van der Waals surface area contributed by atoms with Crippen LogP contribution in [0.15, 0.2) is 11.6 Å². The minimum absolute atomic E-state index is 0.681. The van der Waals surface area contributed by atoms with Crippen LogP contribution < -0.4 is 5.48 Å². The van der Waals surface area contributed by atoms with Gasteiger partial charge in [-0.3, -0.25) is 4.40 Å². The molecular formula is C8H11N3OS. The van der Waals surface area contributed by atoms with Gasteiger partial charge in [0.2, 0.25) is 0 Å². The van der Waals surface area contributed by atoms with Crippen LogP contribution in [0.3, 0.4) is 0 Å². The average molecular weight is 197 g/mol. The molecule has 70 valence electrons. The third kappa shape index (κ3) is 1.46. The summed E-state index contributed by atoms with van der Waals surface area (Å²) in [5, 5.41) is 2.03. The summed E-state index contributed by atoms with van der Waals surface area (Å²) < 4.78 is 2.08. The molecule has 0 amide bonds. The van der Waals surface area contributed by atoms with E-state index in [4.69, 9.17) is 4.84 Å². The van der Waals surface area contributed by atoms with Crippen LogP contribution in [0.1, 0.15) is 11.4 Å². The number of fused-ring (bicyclic) bond motifs is 1. The van der Waals surface area contributed by atoms with Crippen LogP contribution in [-0.2, 0) is 11.4 Å². The molecule has 0 spiro atoms. The molecule has 0 aliphatic carbocycles. The Balaban J connectivity index is 2.39. The van der Waals surface area contributed by atoms with Crippen molar-refractivity contribution in [1.29, 1.82) is 0 Å². The lowest BCUT2D eigenvalue weighted by atomic mass is 10.3. The maximum Gasteiger partial charge on any atom is 0.194 e. The SMILES string of the molecule is CONCc1c(C)nc2sccn12. The van der Waals surface area contributed by atoms with Gasteiger partial charge in [-0.15, -0.1) is 11.3 Å². The molecule has 1 N–H and O–H groups in total. The summed E-state index contributed by atoms with van der Waals surface area (Å²) in [5.74, 6) is 0. The molecule has 13 heavy (non-hydrogen) atoms. The molecule has 0 radical (unpaired) electrons. The number of hydrogen-bond acceptors (Lipinski definition) is 4. The Bertz CT molecular complexity index is 406. The second-order valence-electron chi connectivity index (χ2n) is 2.72. The molecule has 2 heterocycles. The summed E-state index contributed by atoms with van der Waals surface area (Å²) in [6.45, 7) is 2.69. The summed E-state index contributed by atoms with van der Waals surface area (Å²) in [7, 11) is 1.61. The van der Waals surface area contributed by atoms with Gasteiger partial charge in [0.15, 0.2) is 4.96 Å². The number of nitrogens with zero attached hydrogens (tertiary/aromatic N) is 2. The van der Waals surface area contributed by atoms with Crippen LogP contribution in [0, 0.1) is 6.92 Å². The molecule has 2 aromatic rings. The fourth-order valence-electron chi connectivity index (χ4n) is 1.29. The molecule has 0 aromatic carbocycles. The van der Waals surface area contributed by atoms with E-state index in [1.807, 2.05) is 18.5 Å². The Hall–Kier alpha value is -0.910. The molecule has 2 aromatic heterocycles. The summed E-state index contributed by atoms with van der Waals surface area (Å²) >= 11 is 1.64. The smallest absolute Gasteiger partial charge is 0.194 e. The zero-order valence-corrected chi connectivity index (χ0v) is 8.39. The normalized spacial score (nSPS) is 11.2. The summed E-state index contributed by atoms with van der Waals surface area (Å²) in [6.07, 6.45) is 2.02. The van der Waals surface area contributed by atoms with Crippen molar-refractivity contribution in [2.75, 3.05) is 7.11 Å². The highest BCUT2D eigenvalue weighted by molar-refractivity contribution is 7.15. The average Bonchev–Trinajstić information content (AvgIpc) is 2.62. The van der Waals surface area contributed by atoms with Crippen LogP contribution in [0.5, 0.6) is 0 Å². The van der Waals surface area contributed by atoms with Crippen molar-refractivity contribution in [3.05, 3.63) is 23.0 Å². The van der Waals surface area contributed by atoms with Crippen LogP contribution in [-0.4, -0.2) is 16.5 Å². The van der Waals surface area contributed by atoms with Gasteiger partial charge in [-0.2, -0.15) is 5.48 Å². The monoisotopic (exact) mass is 197 g/mol. The number of hydroxylamine groups is 1. The zero-order chi connectivity index (χ0) is 9.26. The molecule has 0 unspecified atom stereocenters. The Labute approximate surface area is 80.1 Å². The number of aromatic nitrogens is 2. The van der Waals surface area contributed by atoms with Crippen molar-refractivity contribution in [2.45, 2.75) is 13.5 Å². The highest BCUT2D eigenvalue weighted by Crippen LogP contribution is 2.16.